The van der Waals surface area contributed by atoms with Gasteiger partial charge in [-0.05, 0) is 62.5 Å². The summed E-state index contributed by atoms with van der Waals surface area (Å²) in [6.07, 6.45) is 7.69. The lowest BCUT2D eigenvalue weighted by molar-refractivity contribution is 0.102. The number of benzene rings is 1. The Morgan fingerprint density at radius 2 is 1.82 bits per heavy atom. The number of hydrogen-bond donors (Lipinski definition) is 1. The maximum absolute atomic E-state index is 9.38. The fourth-order valence-electron chi connectivity index (χ4n) is 3.93. The molecular weight excluding hydrogens is 294 g/mol. The van der Waals surface area contributed by atoms with Crippen molar-refractivity contribution in [3.8, 4) is 6.07 Å². The first-order valence-corrected chi connectivity index (χ1v) is 8.80. The Balaban J connectivity index is 1.83. The van der Waals surface area contributed by atoms with Gasteiger partial charge >= 0.3 is 0 Å². The fourth-order valence-corrected chi connectivity index (χ4v) is 4.12. The summed E-state index contributed by atoms with van der Waals surface area (Å²) in [7, 11) is 0. The normalized spacial score (nSPS) is 20.4. The molecule has 0 amide bonds. The molecule has 0 atom stereocenters. The molecule has 3 nitrogen and oxygen atoms in total. The van der Waals surface area contributed by atoms with Crippen LogP contribution in [0.25, 0.3) is 0 Å². The van der Waals surface area contributed by atoms with E-state index < -0.39 is 0 Å². The molecule has 1 heterocycles. The summed E-state index contributed by atoms with van der Waals surface area (Å²) in [5.41, 5.74) is 1.85. The minimum atomic E-state index is 0.634. The first kappa shape index (κ1) is 15.8. The highest BCUT2D eigenvalue weighted by atomic mass is 35.5. The molecule has 1 saturated heterocycles. The van der Waals surface area contributed by atoms with Crippen LogP contribution in [0.4, 0.5) is 0 Å². The molecule has 1 aliphatic heterocycles. The van der Waals surface area contributed by atoms with Crippen molar-refractivity contribution in [2.24, 2.45) is 0 Å². The molecule has 1 N–H and O–H groups in total. The van der Waals surface area contributed by atoms with Gasteiger partial charge in [-0.2, -0.15) is 5.26 Å². The van der Waals surface area contributed by atoms with E-state index in [4.69, 9.17) is 11.6 Å². The first-order valence-electron chi connectivity index (χ1n) is 8.43. The molecule has 0 radical (unpaired) electrons. The zero-order valence-corrected chi connectivity index (χ0v) is 13.8. The molecular formula is C18H24ClN3. The predicted molar refractivity (Wildman–Crippen MR) is 89.9 cm³/mol. The molecule has 3 rings (SSSR count). The standard InChI is InChI=1S/C18H24ClN3/c19-16-6-5-14(12-20)15(11-16)13-22(17-3-1-2-4-17)18-7-9-21-10-8-18/h5-6,11,17-18,21H,1-4,7-10,13H2. The van der Waals surface area contributed by atoms with Gasteiger partial charge in [0, 0.05) is 23.7 Å². The molecule has 1 aliphatic carbocycles. The largest absolute Gasteiger partial charge is 0.317 e. The van der Waals surface area contributed by atoms with Crippen LogP contribution in [-0.2, 0) is 6.54 Å². The number of nitriles is 1. The van der Waals surface area contributed by atoms with Crippen LogP contribution in [0.15, 0.2) is 18.2 Å². The molecule has 1 aromatic carbocycles. The van der Waals surface area contributed by atoms with E-state index in [0.29, 0.717) is 12.1 Å². The molecule has 0 bridgehead atoms. The van der Waals surface area contributed by atoms with Crippen molar-refractivity contribution in [2.45, 2.75) is 57.2 Å². The lowest BCUT2D eigenvalue weighted by Gasteiger charge is -2.39. The third-order valence-electron chi connectivity index (χ3n) is 5.11. The van der Waals surface area contributed by atoms with Crippen LogP contribution in [0.2, 0.25) is 5.02 Å². The monoisotopic (exact) mass is 317 g/mol. The van der Waals surface area contributed by atoms with Crippen LogP contribution >= 0.6 is 11.6 Å². The lowest BCUT2D eigenvalue weighted by Crippen LogP contribution is -2.47. The second-order valence-electron chi connectivity index (χ2n) is 6.51. The molecule has 0 aromatic heterocycles. The average molecular weight is 318 g/mol. The van der Waals surface area contributed by atoms with Gasteiger partial charge in [-0.15, -0.1) is 0 Å². The van der Waals surface area contributed by atoms with Gasteiger partial charge < -0.3 is 5.32 Å². The van der Waals surface area contributed by atoms with Gasteiger partial charge in [0.1, 0.15) is 0 Å². The summed E-state index contributed by atoms with van der Waals surface area (Å²) in [4.78, 5) is 2.67. The minimum absolute atomic E-state index is 0.634. The van der Waals surface area contributed by atoms with Crippen LogP contribution in [0, 0.1) is 11.3 Å². The van der Waals surface area contributed by atoms with Crippen molar-refractivity contribution in [1.29, 1.82) is 5.26 Å². The van der Waals surface area contributed by atoms with Crippen molar-refractivity contribution in [1.82, 2.24) is 10.2 Å². The smallest absolute Gasteiger partial charge is 0.0995 e. The van der Waals surface area contributed by atoms with Gasteiger partial charge in [-0.3, -0.25) is 4.90 Å². The Kier molecular flexibility index (Phi) is 5.36. The van der Waals surface area contributed by atoms with Crippen molar-refractivity contribution in [3.05, 3.63) is 34.3 Å². The molecule has 22 heavy (non-hydrogen) atoms. The Labute approximate surface area is 138 Å². The average Bonchev–Trinajstić information content (AvgIpc) is 3.08. The zero-order chi connectivity index (χ0) is 15.4. The van der Waals surface area contributed by atoms with Gasteiger partial charge in [0.15, 0.2) is 0 Å². The van der Waals surface area contributed by atoms with E-state index in [1.165, 1.54) is 38.5 Å². The number of nitrogens with one attached hydrogen (secondary N) is 1. The van der Waals surface area contributed by atoms with Crippen molar-refractivity contribution < 1.29 is 0 Å². The highest BCUT2D eigenvalue weighted by Crippen LogP contribution is 2.30. The van der Waals surface area contributed by atoms with Crippen molar-refractivity contribution >= 4 is 11.6 Å². The molecule has 2 fully saturated rings. The molecule has 1 aromatic rings. The number of halogens is 1. The zero-order valence-electron chi connectivity index (χ0n) is 13.0. The number of nitrogens with zero attached hydrogens (tertiary/aromatic N) is 2. The van der Waals surface area contributed by atoms with Gasteiger partial charge in [0.2, 0.25) is 0 Å². The van der Waals surface area contributed by atoms with Crippen LogP contribution in [0.5, 0.6) is 0 Å². The van der Waals surface area contributed by atoms with Crippen LogP contribution in [-0.4, -0.2) is 30.1 Å². The maximum atomic E-state index is 9.38. The van der Waals surface area contributed by atoms with E-state index >= 15 is 0 Å². The summed E-state index contributed by atoms with van der Waals surface area (Å²) in [5.74, 6) is 0. The number of hydrogen-bond acceptors (Lipinski definition) is 3. The topological polar surface area (TPSA) is 39.1 Å². The maximum Gasteiger partial charge on any atom is 0.0995 e. The number of rotatable bonds is 4. The van der Waals surface area contributed by atoms with Gasteiger partial charge in [0.05, 0.1) is 11.6 Å². The fraction of sp³-hybridized carbons (Fsp3) is 0.611. The molecule has 2 aliphatic rings. The third kappa shape index (κ3) is 3.63. The van der Waals surface area contributed by atoms with Gasteiger partial charge in [0.25, 0.3) is 0 Å². The Hall–Kier alpha value is -1.08. The quantitative estimate of drug-likeness (QED) is 0.920. The Bertz CT molecular complexity index is 540. The SMILES string of the molecule is N#Cc1ccc(Cl)cc1CN(C1CCCC1)C1CCNCC1. The minimum Gasteiger partial charge on any atom is -0.317 e. The van der Waals surface area contributed by atoms with Crippen LogP contribution in [0.1, 0.15) is 49.7 Å². The van der Waals surface area contributed by atoms with Crippen LogP contribution in [0.3, 0.4) is 0 Å². The van der Waals surface area contributed by atoms with E-state index in [-0.39, 0.29) is 0 Å². The van der Waals surface area contributed by atoms with Crippen molar-refractivity contribution in [2.75, 3.05) is 13.1 Å². The van der Waals surface area contributed by atoms with Gasteiger partial charge in [-0.25, -0.2) is 0 Å². The molecule has 0 spiro atoms. The summed E-state index contributed by atoms with van der Waals surface area (Å²) in [6, 6.07) is 9.28. The first-order chi connectivity index (χ1) is 10.8. The molecule has 4 heteroatoms. The lowest BCUT2D eigenvalue weighted by atomic mass is 9.99. The van der Waals surface area contributed by atoms with E-state index in [1.807, 2.05) is 18.2 Å². The van der Waals surface area contributed by atoms with E-state index in [0.717, 1.165) is 35.8 Å². The predicted octanol–water partition coefficient (Wildman–Crippen LogP) is 3.71. The molecule has 1 saturated carbocycles. The summed E-state index contributed by atoms with van der Waals surface area (Å²) >= 11 is 6.16. The summed E-state index contributed by atoms with van der Waals surface area (Å²) in [5, 5.41) is 13.6. The molecule has 118 valence electrons. The summed E-state index contributed by atoms with van der Waals surface area (Å²) in [6.45, 7) is 3.07. The third-order valence-corrected chi connectivity index (χ3v) is 5.35. The summed E-state index contributed by atoms with van der Waals surface area (Å²) < 4.78 is 0. The van der Waals surface area contributed by atoms with Crippen LogP contribution < -0.4 is 5.32 Å². The van der Waals surface area contributed by atoms with E-state index in [9.17, 15) is 5.26 Å². The van der Waals surface area contributed by atoms with Crippen molar-refractivity contribution in [3.63, 3.8) is 0 Å². The number of piperidine rings is 1. The Morgan fingerprint density at radius 1 is 1.14 bits per heavy atom. The van der Waals surface area contributed by atoms with E-state index in [2.05, 4.69) is 16.3 Å². The molecule has 0 unspecified atom stereocenters. The Morgan fingerprint density at radius 3 is 2.50 bits per heavy atom. The highest BCUT2D eigenvalue weighted by molar-refractivity contribution is 6.30. The van der Waals surface area contributed by atoms with Gasteiger partial charge in [-0.1, -0.05) is 24.4 Å². The highest BCUT2D eigenvalue weighted by Gasteiger charge is 2.30. The second-order valence-corrected chi connectivity index (χ2v) is 6.94. The second kappa shape index (κ2) is 7.46. The van der Waals surface area contributed by atoms with E-state index in [1.54, 1.807) is 0 Å².